The third kappa shape index (κ3) is 6.24. The third-order valence-electron chi connectivity index (χ3n) is 6.47. The number of hydrogen-bond donors (Lipinski definition) is 2. The molecule has 0 radical (unpaired) electrons. The van der Waals surface area contributed by atoms with Crippen molar-refractivity contribution in [2.45, 2.75) is 31.4 Å². The van der Waals surface area contributed by atoms with E-state index in [2.05, 4.69) is 33.5 Å². The number of nitriles is 1. The zero-order valence-electron chi connectivity index (χ0n) is 20.1. The predicted molar refractivity (Wildman–Crippen MR) is 137 cm³/mol. The topological polar surface area (TPSA) is 90.3 Å². The lowest BCUT2D eigenvalue weighted by Gasteiger charge is -2.22. The van der Waals surface area contributed by atoms with Gasteiger partial charge in [0.15, 0.2) is 0 Å². The fraction of sp³-hybridized carbons (Fsp3) is 0.321. The minimum Gasteiger partial charge on any atom is -0.380 e. The zero-order chi connectivity index (χ0) is 24.6. The van der Waals surface area contributed by atoms with Crippen LogP contribution in [-0.2, 0) is 9.53 Å². The molecule has 2 heterocycles. The summed E-state index contributed by atoms with van der Waals surface area (Å²) in [5.41, 5.74) is 3.66. The highest BCUT2D eigenvalue weighted by atomic mass is 16.5. The first-order chi connectivity index (χ1) is 17.1. The molecule has 2 aromatic carbocycles. The number of methoxy groups -OCH3 is 1. The molecule has 7 nitrogen and oxygen atoms in total. The molecule has 3 atom stereocenters. The number of amides is 1. The standard InChI is InChI=1S/C28H31N5O2/c1-20(22-10-8-21(16-29)9-11-22)17-31-27(23-6-4-3-5-7-23)28(34)32-26-13-12-24(18-30-26)33-15-14-25(19-33)35-2/h3-13,18,20,25,27,31H,14-15,17,19H2,1-2H3,(H,30,32,34). The normalized spacial score (nSPS) is 16.9. The second-order valence-electron chi connectivity index (χ2n) is 8.87. The van der Waals surface area contributed by atoms with Crippen molar-refractivity contribution in [1.29, 1.82) is 5.26 Å². The Hall–Kier alpha value is -3.73. The Morgan fingerprint density at radius 2 is 1.91 bits per heavy atom. The van der Waals surface area contributed by atoms with Crippen molar-refractivity contribution < 1.29 is 9.53 Å². The Morgan fingerprint density at radius 3 is 2.54 bits per heavy atom. The summed E-state index contributed by atoms with van der Waals surface area (Å²) >= 11 is 0. The van der Waals surface area contributed by atoms with Crippen molar-refractivity contribution in [1.82, 2.24) is 10.3 Å². The Labute approximate surface area is 206 Å². The first-order valence-corrected chi connectivity index (χ1v) is 11.9. The molecule has 1 aliphatic heterocycles. The molecule has 7 heteroatoms. The van der Waals surface area contributed by atoms with Gasteiger partial charge >= 0.3 is 0 Å². The van der Waals surface area contributed by atoms with Crippen molar-refractivity contribution in [2.24, 2.45) is 0 Å². The van der Waals surface area contributed by atoms with Gasteiger partial charge in [0.05, 0.1) is 29.6 Å². The van der Waals surface area contributed by atoms with E-state index in [1.54, 1.807) is 13.3 Å². The lowest BCUT2D eigenvalue weighted by Crippen LogP contribution is -2.35. The number of aromatic nitrogens is 1. The molecule has 3 aromatic rings. The quantitative estimate of drug-likeness (QED) is 0.487. The molecule has 0 saturated carbocycles. The number of nitrogens with zero attached hydrogens (tertiary/aromatic N) is 3. The van der Waals surface area contributed by atoms with Gasteiger partial charge in [-0.1, -0.05) is 49.4 Å². The Morgan fingerprint density at radius 1 is 1.14 bits per heavy atom. The highest BCUT2D eigenvalue weighted by molar-refractivity contribution is 5.94. The maximum atomic E-state index is 13.3. The second-order valence-corrected chi connectivity index (χ2v) is 8.87. The average molecular weight is 470 g/mol. The predicted octanol–water partition coefficient (Wildman–Crippen LogP) is 4.25. The number of ether oxygens (including phenoxy) is 1. The van der Waals surface area contributed by atoms with Crippen molar-refractivity contribution in [3.8, 4) is 6.07 Å². The third-order valence-corrected chi connectivity index (χ3v) is 6.47. The maximum Gasteiger partial charge on any atom is 0.247 e. The summed E-state index contributed by atoms with van der Waals surface area (Å²) in [5.74, 6) is 0.517. The number of carbonyl (C=O) groups is 1. The summed E-state index contributed by atoms with van der Waals surface area (Å²) in [6.07, 6.45) is 3.05. The van der Waals surface area contributed by atoms with Crippen LogP contribution in [0.2, 0.25) is 0 Å². The molecule has 0 aliphatic carbocycles. The van der Waals surface area contributed by atoms with Crippen LogP contribution in [0.25, 0.3) is 0 Å². The van der Waals surface area contributed by atoms with Gasteiger partial charge in [-0.15, -0.1) is 0 Å². The van der Waals surface area contributed by atoms with E-state index in [0.717, 1.165) is 36.3 Å². The first-order valence-electron chi connectivity index (χ1n) is 11.9. The van der Waals surface area contributed by atoms with Crippen LogP contribution in [0.3, 0.4) is 0 Å². The van der Waals surface area contributed by atoms with E-state index in [1.165, 1.54) is 0 Å². The fourth-order valence-corrected chi connectivity index (χ4v) is 4.31. The lowest BCUT2D eigenvalue weighted by molar-refractivity contribution is -0.118. The van der Waals surface area contributed by atoms with Crippen LogP contribution < -0.4 is 15.5 Å². The molecular weight excluding hydrogens is 438 g/mol. The highest BCUT2D eigenvalue weighted by Crippen LogP contribution is 2.23. The van der Waals surface area contributed by atoms with E-state index >= 15 is 0 Å². The largest absolute Gasteiger partial charge is 0.380 e. The summed E-state index contributed by atoms with van der Waals surface area (Å²) in [6.45, 7) is 4.48. The average Bonchev–Trinajstić information content (AvgIpc) is 3.39. The molecule has 1 aromatic heterocycles. The van der Waals surface area contributed by atoms with Crippen molar-refractivity contribution in [3.63, 3.8) is 0 Å². The molecule has 1 fully saturated rings. The molecule has 0 spiro atoms. The van der Waals surface area contributed by atoms with Gasteiger partial charge in [-0.3, -0.25) is 4.79 Å². The van der Waals surface area contributed by atoms with E-state index in [9.17, 15) is 4.79 Å². The maximum absolute atomic E-state index is 13.3. The Kier molecular flexibility index (Phi) is 8.09. The van der Waals surface area contributed by atoms with Crippen LogP contribution in [0.5, 0.6) is 0 Å². The fourth-order valence-electron chi connectivity index (χ4n) is 4.31. The van der Waals surface area contributed by atoms with E-state index < -0.39 is 6.04 Å². The van der Waals surface area contributed by atoms with Gasteiger partial charge in [0.25, 0.3) is 0 Å². The van der Waals surface area contributed by atoms with Crippen molar-refractivity contribution in [3.05, 3.63) is 89.6 Å². The van der Waals surface area contributed by atoms with E-state index in [-0.39, 0.29) is 17.9 Å². The number of rotatable bonds is 9. The number of hydrogen-bond acceptors (Lipinski definition) is 6. The van der Waals surface area contributed by atoms with Gasteiger partial charge in [-0.25, -0.2) is 4.98 Å². The van der Waals surface area contributed by atoms with Gasteiger partial charge in [0.1, 0.15) is 11.9 Å². The number of carbonyl (C=O) groups excluding carboxylic acids is 1. The van der Waals surface area contributed by atoms with Crippen LogP contribution in [0.15, 0.2) is 72.9 Å². The van der Waals surface area contributed by atoms with Crippen molar-refractivity contribution >= 4 is 17.4 Å². The van der Waals surface area contributed by atoms with Crippen LogP contribution in [-0.4, -0.2) is 43.7 Å². The summed E-state index contributed by atoms with van der Waals surface area (Å²) in [4.78, 5) is 20.0. The summed E-state index contributed by atoms with van der Waals surface area (Å²) in [5, 5.41) is 15.4. The van der Waals surface area contributed by atoms with E-state index in [4.69, 9.17) is 10.00 Å². The molecule has 1 saturated heterocycles. The minimum absolute atomic E-state index is 0.163. The van der Waals surface area contributed by atoms with E-state index in [1.807, 2.05) is 66.7 Å². The molecular formula is C28H31N5O2. The van der Waals surface area contributed by atoms with Gasteiger partial charge in [-0.2, -0.15) is 5.26 Å². The molecule has 4 rings (SSSR count). The molecule has 1 aliphatic rings. The molecule has 1 amide bonds. The zero-order valence-corrected chi connectivity index (χ0v) is 20.1. The first kappa shape index (κ1) is 24.4. The number of benzene rings is 2. The number of nitrogens with one attached hydrogen (secondary N) is 2. The van der Waals surface area contributed by atoms with E-state index in [0.29, 0.717) is 17.9 Å². The van der Waals surface area contributed by atoms with Gasteiger partial charge in [0, 0.05) is 26.7 Å². The molecule has 0 bridgehead atoms. The van der Waals surface area contributed by atoms with Crippen molar-refractivity contribution in [2.75, 3.05) is 37.0 Å². The second kappa shape index (κ2) is 11.6. The Balaban J connectivity index is 1.42. The monoisotopic (exact) mass is 469 g/mol. The van der Waals surface area contributed by atoms with Gasteiger partial charge in [-0.05, 0) is 47.7 Å². The van der Waals surface area contributed by atoms with Crippen LogP contribution in [0.1, 0.15) is 42.0 Å². The lowest BCUT2D eigenvalue weighted by atomic mass is 9.98. The minimum atomic E-state index is -0.528. The van der Waals surface area contributed by atoms with Crippen LogP contribution >= 0.6 is 0 Å². The molecule has 180 valence electrons. The van der Waals surface area contributed by atoms with Crippen LogP contribution in [0.4, 0.5) is 11.5 Å². The van der Waals surface area contributed by atoms with Crippen LogP contribution in [0, 0.1) is 11.3 Å². The number of pyridine rings is 1. The highest BCUT2D eigenvalue weighted by Gasteiger charge is 2.24. The summed E-state index contributed by atoms with van der Waals surface area (Å²) < 4.78 is 5.45. The van der Waals surface area contributed by atoms with Gasteiger partial charge < -0.3 is 20.3 Å². The summed E-state index contributed by atoms with van der Waals surface area (Å²) in [6, 6.07) is 22.7. The number of anilines is 2. The summed E-state index contributed by atoms with van der Waals surface area (Å²) in [7, 11) is 1.74. The molecule has 2 N–H and O–H groups in total. The molecule has 35 heavy (non-hydrogen) atoms. The Bertz CT molecular complexity index is 1140. The smallest absolute Gasteiger partial charge is 0.247 e. The molecule has 3 unspecified atom stereocenters. The van der Waals surface area contributed by atoms with Gasteiger partial charge in [0.2, 0.25) is 5.91 Å². The SMILES string of the molecule is COC1CCN(c2ccc(NC(=O)C(NCC(C)c3ccc(C#N)cc3)c3ccccc3)nc2)C1.